The van der Waals surface area contributed by atoms with Gasteiger partial charge in [0.2, 0.25) is 0 Å². The first-order valence-corrected chi connectivity index (χ1v) is 4.46. The Labute approximate surface area is 78.5 Å². The molecule has 4 heteroatoms. The Morgan fingerprint density at radius 3 is 2.83 bits per heavy atom. The van der Waals surface area contributed by atoms with E-state index in [4.69, 9.17) is 0 Å². The lowest BCUT2D eigenvalue weighted by atomic mass is 10.3. The number of nitrogens with zero attached hydrogens (tertiary/aromatic N) is 2. The van der Waals surface area contributed by atoms with Crippen LogP contribution in [0.5, 0.6) is 0 Å². The zero-order valence-electron chi connectivity index (χ0n) is 6.33. The maximum atomic E-state index is 11.4. The minimum atomic E-state index is 0.0730. The van der Waals surface area contributed by atoms with Gasteiger partial charge in [-0.05, 0) is 22.0 Å². The van der Waals surface area contributed by atoms with E-state index >= 15 is 0 Å². The van der Waals surface area contributed by atoms with Crippen LogP contribution in [0.1, 0.15) is 10.4 Å². The van der Waals surface area contributed by atoms with Crippen LogP contribution in [0.3, 0.4) is 0 Å². The van der Waals surface area contributed by atoms with Crippen molar-refractivity contribution in [2.45, 2.75) is 0 Å². The van der Waals surface area contributed by atoms with Gasteiger partial charge < -0.3 is 4.90 Å². The van der Waals surface area contributed by atoms with Crippen molar-refractivity contribution in [3.05, 3.63) is 28.5 Å². The molecule has 1 aromatic rings. The van der Waals surface area contributed by atoms with Crippen LogP contribution in [0.2, 0.25) is 0 Å². The molecule has 0 N–H and O–H groups in total. The Balaban J connectivity index is 2.26. The molecule has 1 fully saturated rings. The van der Waals surface area contributed by atoms with Gasteiger partial charge in [0.05, 0.1) is 5.56 Å². The number of hydrogen-bond donors (Lipinski definition) is 0. The predicted molar refractivity (Wildman–Crippen MR) is 47.8 cm³/mol. The van der Waals surface area contributed by atoms with Crippen LogP contribution in [0.4, 0.5) is 0 Å². The van der Waals surface area contributed by atoms with Crippen LogP contribution in [0.15, 0.2) is 22.9 Å². The summed E-state index contributed by atoms with van der Waals surface area (Å²) in [6, 6.07) is 1.79. The van der Waals surface area contributed by atoms with Gasteiger partial charge in [-0.15, -0.1) is 0 Å². The maximum Gasteiger partial charge on any atom is 0.255 e. The number of pyridine rings is 1. The molecule has 1 saturated heterocycles. The van der Waals surface area contributed by atoms with Gasteiger partial charge in [-0.1, -0.05) is 0 Å². The average Bonchev–Trinajstić information content (AvgIpc) is 2.85. The third-order valence-corrected chi connectivity index (χ3v) is 2.12. The molecule has 1 aromatic heterocycles. The van der Waals surface area contributed by atoms with E-state index in [0.717, 1.165) is 17.6 Å². The fraction of sp³-hybridized carbons (Fsp3) is 0.250. The zero-order valence-corrected chi connectivity index (χ0v) is 7.91. The lowest BCUT2D eigenvalue weighted by molar-refractivity contribution is 0.0885. The van der Waals surface area contributed by atoms with Crippen molar-refractivity contribution in [3.8, 4) is 0 Å². The molecule has 0 saturated carbocycles. The summed E-state index contributed by atoms with van der Waals surface area (Å²) in [4.78, 5) is 17.1. The van der Waals surface area contributed by atoms with Gasteiger partial charge >= 0.3 is 0 Å². The number of carbonyl (C=O) groups is 1. The van der Waals surface area contributed by atoms with Gasteiger partial charge in [0, 0.05) is 30.0 Å². The van der Waals surface area contributed by atoms with E-state index in [0.29, 0.717) is 5.56 Å². The van der Waals surface area contributed by atoms with Crippen molar-refractivity contribution in [3.63, 3.8) is 0 Å². The van der Waals surface area contributed by atoms with Gasteiger partial charge in [-0.25, -0.2) is 0 Å². The summed E-state index contributed by atoms with van der Waals surface area (Å²) in [5.41, 5.74) is 0.655. The summed E-state index contributed by atoms with van der Waals surface area (Å²) in [7, 11) is 0. The second kappa shape index (κ2) is 2.86. The Kier molecular flexibility index (Phi) is 1.84. The van der Waals surface area contributed by atoms with Crippen LogP contribution in [-0.4, -0.2) is 28.9 Å². The van der Waals surface area contributed by atoms with Crippen LogP contribution >= 0.6 is 15.9 Å². The summed E-state index contributed by atoms with van der Waals surface area (Å²) in [5.74, 6) is 0.0730. The number of aromatic nitrogens is 1. The first-order valence-electron chi connectivity index (χ1n) is 3.67. The van der Waals surface area contributed by atoms with Gasteiger partial charge in [0.1, 0.15) is 0 Å². The van der Waals surface area contributed by atoms with Crippen LogP contribution < -0.4 is 0 Å². The fourth-order valence-electron chi connectivity index (χ4n) is 0.964. The predicted octanol–water partition coefficient (Wildman–Crippen LogP) is 1.30. The molecule has 0 radical (unpaired) electrons. The van der Waals surface area contributed by atoms with Crippen LogP contribution in [0, 0.1) is 0 Å². The first-order chi connectivity index (χ1) is 5.77. The topological polar surface area (TPSA) is 33.0 Å². The molecule has 2 rings (SSSR count). The standard InChI is InChI=1S/C8H7BrN2O/c9-7-3-6(4-10-5-7)8(12)11-1-2-11/h3-5H,1-2H2. The molecule has 2 heterocycles. The van der Waals surface area contributed by atoms with Gasteiger partial charge in [-0.2, -0.15) is 0 Å². The SMILES string of the molecule is O=C(c1cncc(Br)c1)N1CC1. The van der Waals surface area contributed by atoms with E-state index in [1.54, 1.807) is 23.4 Å². The highest BCUT2D eigenvalue weighted by molar-refractivity contribution is 9.10. The highest BCUT2D eigenvalue weighted by Gasteiger charge is 2.25. The molecular formula is C8H7BrN2O. The summed E-state index contributed by atoms with van der Waals surface area (Å²) in [6.45, 7) is 1.76. The monoisotopic (exact) mass is 226 g/mol. The Hall–Kier alpha value is -0.900. The lowest BCUT2D eigenvalue weighted by Gasteiger charge is -2.00. The highest BCUT2D eigenvalue weighted by atomic mass is 79.9. The minimum absolute atomic E-state index is 0.0730. The maximum absolute atomic E-state index is 11.4. The summed E-state index contributed by atoms with van der Waals surface area (Å²) < 4.78 is 0.843. The minimum Gasteiger partial charge on any atom is -0.335 e. The molecular weight excluding hydrogens is 220 g/mol. The van der Waals surface area contributed by atoms with E-state index in [-0.39, 0.29) is 5.91 Å². The van der Waals surface area contributed by atoms with E-state index in [2.05, 4.69) is 20.9 Å². The van der Waals surface area contributed by atoms with Crippen molar-refractivity contribution >= 4 is 21.8 Å². The Morgan fingerprint density at radius 1 is 1.50 bits per heavy atom. The largest absolute Gasteiger partial charge is 0.335 e. The van der Waals surface area contributed by atoms with E-state index in [9.17, 15) is 4.79 Å². The molecule has 0 unspecified atom stereocenters. The molecule has 1 amide bonds. The summed E-state index contributed by atoms with van der Waals surface area (Å²) in [6.07, 6.45) is 3.25. The second-order valence-corrected chi connectivity index (χ2v) is 3.60. The van der Waals surface area contributed by atoms with Gasteiger partial charge in [-0.3, -0.25) is 9.78 Å². The molecule has 0 bridgehead atoms. The smallest absolute Gasteiger partial charge is 0.255 e. The first kappa shape index (κ1) is 7.73. The van der Waals surface area contributed by atoms with Crippen molar-refractivity contribution in [2.24, 2.45) is 0 Å². The van der Waals surface area contributed by atoms with Crippen LogP contribution in [-0.2, 0) is 0 Å². The van der Waals surface area contributed by atoms with E-state index < -0.39 is 0 Å². The number of carbonyl (C=O) groups excluding carboxylic acids is 1. The molecule has 0 aromatic carbocycles. The molecule has 0 atom stereocenters. The van der Waals surface area contributed by atoms with Gasteiger partial charge in [0.15, 0.2) is 0 Å². The number of amides is 1. The third-order valence-electron chi connectivity index (χ3n) is 1.69. The molecule has 1 aliphatic heterocycles. The zero-order chi connectivity index (χ0) is 8.55. The molecule has 0 aliphatic carbocycles. The second-order valence-electron chi connectivity index (χ2n) is 2.68. The highest BCUT2D eigenvalue weighted by Crippen LogP contribution is 2.14. The molecule has 12 heavy (non-hydrogen) atoms. The van der Waals surface area contributed by atoms with Crippen molar-refractivity contribution in [2.75, 3.05) is 13.1 Å². The van der Waals surface area contributed by atoms with E-state index in [1.165, 1.54) is 0 Å². The lowest BCUT2D eigenvalue weighted by Crippen LogP contribution is -2.10. The van der Waals surface area contributed by atoms with Crippen molar-refractivity contribution < 1.29 is 4.79 Å². The summed E-state index contributed by atoms with van der Waals surface area (Å²) >= 11 is 3.27. The van der Waals surface area contributed by atoms with Gasteiger partial charge in [0.25, 0.3) is 5.91 Å². The van der Waals surface area contributed by atoms with Crippen molar-refractivity contribution in [1.82, 2.24) is 9.88 Å². The summed E-state index contributed by atoms with van der Waals surface area (Å²) in [5, 5.41) is 0. The average molecular weight is 227 g/mol. The fourth-order valence-corrected chi connectivity index (χ4v) is 1.33. The normalized spacial score (nSPS) is 14.6. The molecule has 1 aliphatic rings. The van der Waals surface area contributed by atoms with E-state index in [1.807, 2.05) is 0 Å². The van der Waals surface area contributed by atoms with Crippen LogP contribution in [0.25, 0.3) is 0 Å². The van der Waals surface area contributed by atoms with Crippen molar-refractivity contribution in [1.29, 1.82) is 0 Å². The quantitative estimate of drug-likeness (QED) is 0.677. The molecule has 3 nitrogen and oxygen atoms in total. The number of rotatable bonds is 1. The number of halogens is 1. The molecule has 62 valence electrons. The number of hydrogen-bond acceptors (Lipinski definition) is 2. The Morgan fingerprint density at radius 2 is 2.25 bits per heavy atom. The molecule has 0 spiro atoms. The third kappa shape index (κ3) is 1.48. The Bertz CT molecular complexity index is 323.